The van der Waals surface area contributed by atoms with Gasteiger partial charge in [-0.1, -0.05) is 40.2 Å². The first kappa shape index (κ1) is 26.7. The molecule has 0 aromatic heterocycles. The molecule has 2 aromatic rings. The number of ether oxygens (including phenoxy) is 1. The van der Waals surface area contributed by atoms with Gasteiger partial charge in [0, 0.05) is 17.1 Å². The van der Waals surface area contributed by atoms with Gasteiger partial charge in [-0.25, -0.2) is 8.42 Å². The van der Waals surface area contributed by atoms with Gasteiger partial charge in [0.25, 0.3) is 0 Å². The summed E-state index contributed by atoms with van der Waals surface area (Å²) in [6.07, 6.45) is 1.03. The van der Waals surface area contributed by atoms with Gasteiger partial charge in [-0.15, -0.1) is 0 Å². The van der Waals surface area contributed by atoms with Gasteiger partial charge in [0.1, 0.15) is 18.3 Å². The van der Waals surface area contributed by atoms with E-state index in [0.717, 1.165) is 20.6 Å². The van der Waals surface area contributed by atoms with E-state index >= 15 is 0 Å². The maximum Gasteiger partial charge on any atom is 0.244 e. The van der Waals surface area contributed by atoms with Crippen molar-refractivity contribution in [1.82, 2.24) is 10.2 Å². The third kappa shape index (κ3) is 7.46. The first-order valence-corrected chi connectivity index (χ1v) is 13.0. The van der Waals surface area contributed by atoms with Gasteiger partial charge in [0.05, 0.1) is 19.1 Å². The molecular formula is C23H30BrN3O5S. The second kappa shape index (κ2) is 11.5. The van der Waals surface area contributed by atoms with Crippen molar-refractivity contribution in [3.05, 3.63) is 58.6 Å². The van der Waals surface area contributed by atoms with Crippen molar-refractivity contribution in [1.29, 1.82) is 0 Å². The maximum absolute atomic E-state index is 13.5. The molecule has 33 heavy (non-hydrogen) atoms. The molecule has 0 radical (unpaired) electrons. The van der Waals surface area contributed by atoms with Gasteiger partial charge in [-0.2, -0.15) is 0 Å². The summed E-state index contributed by atoms with van der Waals surface area (Å²) in [5.41, 5.74) is 1.04. The van der Waals surface area contributed by atoms with E-state index in [1.165, 1.54) is 12.0 Å². The number of para-hydroxylation sites is 2. The molecule has 0 saturated heterocycles. The highest BCUT2D eigenvalue weighted by Gasteiger charge is 2.31. The third-order valence-corrected chi connectivity index (χ3v) is 6.49. The average molecular weight is 540 g/mol. The highest BCUT2D eigenvalue weighted by Crippen LogP contribution is 2.29. The number of amides is 2. The Bertz CT molecular complexity index is 1090. The molecule has 180 valence electrons. The van der Waals surface area contributed by atoms with E-state index in [-0.39, 0.29) is 24.2 Å². The molecule has 0 unspecified atom stereocenters. The van der Waals surface area contributed by atoms with Crippen molar-refractivity contribution < 1.29 is 22.7 Å². The number of methoxy groups -OCH3 is 1. The fourth-order valence-corrected chi connectivity index (χ4v) is 4.55. The number of halogens is 1. The molecule has 2 aromatic carbocycles. The van der Waals surface area contributed by atoms with Crippen LogP contribution in [0.1, 0.15) is 26.3 Å². The lowest BCUT2D eigenvalue weighted by atomic mass is 10.1. The van der Waals surface area contributed by atoms with Crippen LogP contribution in [0.15, 0.2) is 53.0 Å². The molecule has 0 aliphatic rings. The predicted octanol–water partition coefficient (Wildman–Crippen LogP) is 3.17. The van der Waals surface area contributed by atoms with Gasteiger partial charge < -0.3 is 15.0 Å². The van der Waals surface area contributed by atoms with Crippen molar-refractivity contribution in [3.63, 3.8) is 0 Å². The lowest BCUT2D eigenvalue weighted by Crippen LogP contribution is -2.52. The predicted molar refractivity (Wildman–Crippen MR) is 133 cm³/mol. The molecule has 0 fully saturated rings. The minimum atomic E-state index is -3.83. The SMILES string of the molecule is COc1ccccc1N(CC(=O)N(Cc1cccc(Br)c1)[C@H](C)C(=O)NC(C)C)S(C)(=O)=O. The van der Waals surface area contributed by atoms with E-state index < -0.39 is 28.5 Å². The molecule has 0 aliphatic heterocycles. The van der Waals surface area contributed by atoms with Crippen molar-refractivity contribution in [2.45, 2.75) is 39.4 Å². The minimum absolute atomic E-state index is 0.108. The highest BCUT2D eigenvalue weighted by atomic mass is 79.9. The van der Waals surface area contributed by atoms with Crippen LogP contribution in [0.5, 0.6) is 5.75 Å². The van der Waals surface area contributed by atoms with Crippen LogP contribution in [0, 0.1) is 0 Å². The molecule has 1 N–H and O–H groups in total. The quantitative estimate of drug-likeness (QED) is 0.500. The number of carbonyl (C=O) groups excluding carboxylic acids is 2. The lowest BCUT2D eigenvalue weighted by molar-refractivity contribution is -0.139. The third-order valence-electron chi connectivity index (χ3n) is 4.87. The number of nitrogens with zero attached hydrogens (tertiary/aromatic N) is 2. The molecule has 0 spiro atoms. The van der Waals surface area contributed by atoms with Gasteiger partial charge in [-0.05, 0) is 50.6 Å². The summed E-state index contributed by atoms with van der Waals surface area (Å²) in [5.74, 6) is -0.519. The zero-order valence-corrected chi connectivity index (χ0v) is 21.8. The van der Waals surface area contributed by atoms with Crippen molar-refractivity contribution >= 4 is 43.5 Å². The second-order valence-corrected chi connectivity index (χ2v) is 10.8. The number of hydrogen-bond donors (Lipinski definition) is 1. The van der Waals surface area contributed by atoms with E-state index in [1.54, 1.807) is 31.2 Å². The molecule has 0 heterocycles. The summed E-state index contributed by atoms with van der Waals surface area (Å²) >= 11 is 3.42. The summed E-state index contributed by atoms with van der Waals surface area (Å²) < 4.78 is 32.4. The van der Waals surface area contributed by atoms with Crippen LogP contribution < -0.4 is 14.4 Å². The van der Waals surface area contributed by atoms with Gasteiger partial charge in [0.15, 0.2) is 0 Å². The zero-order chi connectivity index (χ0) is 24.8. The van der Waals surface area contributed by atoms with E-state index in [4.69, 9.17) is 4.74 Å². The number of anilines is 1. The second-order valence-electron chi connectivity index (χ2n) is 7.93. The Labute approximate surface area is 204 Å². The number of nitrogens with one attached hydrogen (secondary N) is 1. The molecule has 0 saturated carbocycles. The van der Waals surface area contributed by atoms with E-state index in [1.807, 2.05) is 38.1 Å². The Morgan fingerprint density at radius 1 is 1.09 bits per heavy atom. The van der Waals surface area contributed by atoms with E-state index in [2.05, 4.69) is 21.2 Å². The molecule has 1 atom stereocenters. The molecule has 8 nitrogen and oxygen atoms in total. The Hall–Kier alpha value is -2.59. The molecule has 2 amide bonds. The standard InChI is InChI=1S/C23H30BrN3O5S/c1-16(2)25-23(29)17(3)26(14-18-9-8-10-19(24)13-18)22(28)15-27(33(5,30)31)20-11-6-7-12-21(20)32-4/h6-13,16-17H,14-15H2,1-5H3,(H,25,29)/t17-/m1/s1. The van der Waals surface area contributed by atoms with Gasteiger partial charge >= 0.3 is 0 Å². The molecule has 2 rings (SSSR count). The highest BCUT2D eigenvalue weighted by molar-refractivity contribution is 9.10. The summed E-state index contributed by atoms with van der Waals surface area (Å²) in [6.45, 7) is 4.94. The van der Waals surface area contributed by atoms with Crippen LogP contribution >= 0.6 is 15.9 Å². The number of rotatable bonds is 10. The number of sulfonamides is 1. The Morgan fingerprint density at radius 2 is 1.76 bits per heavy atom. The van der Waals surface area contributed by atoms with Crippen LogP contribution in [0.2, 0.25) is 0 Å². The first-order chi connectivity index (χ1) is 15.4. The number of carbonyl (C=O) groups is 2. The number of hydrogen-bond acceptors (Lipinski definition) is 5. The lowest BCUT2D eigenvalue weighted by Gasteiger charge is -2.32. The van der Waals surface area contributed by atoms with Gasteiger partial charge in [0.2, 0.25) is 21.8 Å². The fourth-order valence-electron chi connectivity index (χ4n) is 3.25. The average Bonchev–Trinajstić information content (AvgIpc) is 2.74. The van der Waals surface area contributed by atoms with Crippen LogP contribution in [0.3, 0.4) is 0 Å². The van der Waals surface area contributed by atoms with Gasteiger partial charge in [-0.3, -0.25) is 13.9 Å². The molecule has 10 heteroatoms. The Morgan fingerprint density at radius 3 is 2.33 bits per heavy atom. The van der Waals surface area contributed by atoms with Crippen molar-refractivity contribution in [2.24, 2.45) is 0 Å². The maximum atomic E-state index is 13.5. The smallest absolute Gasteiger partial charge is 0.244 e. The van der Waals surface area contributed by atoms with Crippen LogP contribution in [0.25, 0.3) is 0 Å². The molecule has 0 bridgehead atoms. The first-order valence-electron chi connectivity index (χ1n) is 10.4. The monoisotopic (exact) mass is 539 g/mol. The number of benzene rings is 2. The van der Waals surface area contributed by atoms with E-state index in [0.29, 0.717) is 5.75 Å². The van der Waals surface area contributed by atoms with Crippen molar-refractivity contribution in [2.75, 3.05) is 24.2 Å². The van der Waals surface area contributed by atoms with E-state index in [9.17, 15) is 18.0 Å². The summed E-state index contributed by atoms with van der Waals surface area (Å²) in [4.78, 5) is 27.6. The Kier molecular flexibility index (Phi) is 9.30. The summed E-state index contributed by atoms with van der Waals surface area (Å²) in [7, 11) is -2.40. The zero-order valence-electron chi connectivity index (χ0n) is 19.4. The van der Waals surface area contributed by atoms with Crippen LogP contribution in [-0.4, -0.2) is 57.1 Å². The van der Waals surface area contributed by atoms with Crippen molar-refractivity contribution in [3.8, 4) is 5.75 Å². The van der Waals surface area contributed by atoms with Crippen LogP contribution in [-0.2, 0) is 26.2 Å². The summed E-state index contributed by atoms with van der Waals surface area (Å²) in [6, 6.07) is 13.0. The Balaban J connectivity index is 2.43. The normalized spacial score (nSPS) is 12.2. The van der Waals surface area contributed by atoms with Crippen LogP contribution in [0.4, 0.5) is 5.69 Å². The fraction of sp³-hybridized carbons (Fsp3) is 0.391. The largest absolute Gasteiger partial charge is 0.495 e. The molecule has 0 aliphatic carbocycles. The topological polar surface area (TPSA) is 96.0 Å². The summed E-state index contributed by atoms with van der Waals surface area (Å²) in [5, 5.41) is 2.81. The minimum Gasteiger partial charge on any atom is -0.495 e. The molecular weight excluding hydrogens is 510 g/mol.